The number of nitrogens with zero attached hydrogens (tertiary/aromatic N) is 1. The molecule has 0 unspecified atom stereocenters. The predicted molar refractivity (Wildman–Crippen MR) is 77.2 cm³/mol. The van der Waals surface area contributed by atoms with Gasteiger partial charge in [-0.15, -0.1) is 0 Å². The van der Waals surface area contributed by atoms with Crippen molar-refractivity contribution in [2.45, 2.75) is 0 Å². The summed E-state index contributed by atoms with van der Waals surface area (Å²) < 4.78 is 13.9. The maximum absolute atomic E-state index is 13.9. The number of hydrogen-bond donors (Lipinski definition) is 1. The normalized spacial score (nSPS) is 10.2. The molecule has 1 N–H and O–H groups in total. The van der Waals surface area contributed by atoms with E-state index in [0.717, 1.165) is 4.90 Å². The smallest absolute Gasteiger partial charge is 0.323 e. The van der Waals surface area contributed by atoms with Crippen LogP contribution in [-0.2, 0) is 4.79 Å². The van der Waals surface area contributed by atoms with Crippen molar-refractivity contribution < 1.29 is 19.1 Å². The highest BCUT2D eigenvalue weighted by atomic mass is 35.5. The maximum atomic E-state index is 13.9. The number of carbonyl (C=O) groups excluding carboxylic acids is 1. The Morgan fingerprint density at radius 1 is 1.10 bits per heavy atom. The number of benzene rings is 2. The number of para-hydroxylation sites is 1. The first-order chi connectivity index (χ1) is 10.0. The average Bonchev–Trinajstić information content (AvgIpc) is 2.48. The molecule has 0 atom stereocenters. The van der Waals surface area contributed by atoms with Gasteiger partial charge in [0.15, 0.2) is 5.82 Å². The molecule has 4 nitrogen and oxygen atoms in total. The lowest BCUT2D eigenvalue weighted by atomic mass is 10.1. The summed E-state index contributed by atoms with van der Waals surface area (Å²) in [6.45, 7) is -0.575. The summed E-state index contributed by atoms with van der Waals surface area (Å²) >= 11 is 5.65. The van der Waals surface area contributed by atoms with Gasteiger partial charge >= 0.3 is 5.97 Å². The van der Waals surface area contributed by atoms with Crippen molar-refractivity contribution in [1.29, 1.82) is 0 Å². The van der Waals surface area contributed by atoms with Gasteiger partial charge in [0.25, 0.3) is 5.91 Å². The van der Waals surface area contributed by atoms with E-state index in [9.17, 15) is 14.0 Å². The van der Waals surface area contributed by atoms with Gasteiger partial charge in [-0.3, -0.25) is 14.5 Å². The zero-order chi connectivity index (χ0) is 15.4. The first kappa shape index (κ1) is 15.0. The molecule has 0 saturated carbocycles. The number of rotatable bonds is 4. The second-order valence-electron chi connectivity index (χ2n) is 4.22. The SMILES string of the molecule is O=C(O)CN(C(=O)c1cccc(Cl)c1F)c1ccccc1. The number of hydrogen-bond acceptors (Lipinski definition) is 2. The van der Waals surface area contributed by atoms with Crippen molar-refractivity contribution in [3.05, 3.63) is 64.9 Å². The minimum atomic E-state index is -1.20. The number of halogens is 2. The zero-order valence-electron chi connectivity index (χ0n) is 10.8. The largest absolute Gasteiger partial charge is 0.480 e. The molecule has 0 aliphatic rings. The van der Waals surface area contributed by atoms with Crippen molar-refractivity contribution in [3.63, 3.8) is 0 Å². The van der Waals surface area contributed by atoms with E-state index < -0.39 is 24.2 Å². The number of carboxylic acids is 1. The van der Waals surface area contributed by atoms with Gasteiger partial charge in [-0.05, 0) is 24.3 Å². The van der Waals surface area contributed by atoms with Gasteiger partial charge in [0.05, 0.1) is 10.6 Å². The molecule has 0 spiro atoms. The van der Waals surface area contributed by atoms with Crippen LogP contribution in [0.2, 0.25) is 5.02 Å². The molecule has 6 heteroatoms. The summed E-state index contributed by atoms with van der Waals surface area (Å²) in [5.41, 5.74) is 0.0943. The molecule has 0 saturated heterocycles. The van der Waals surface area contributed by atoms with E-state index >= 15 is 0 Å². The molecule has 2 aromatic carbocycles. The quantitative estimate of drug-likeness (QED) is 0.943. The van der Waals surface area contributed by atoms with Gasteiger partial charge in [0, 0.05) is 5.69 Å². The summed E-state index contributed by atoms with van der Waals surface area (Å²) in [4.78, 5) is 24.4. The number of anilines is 1. The Morgan fingerprint density at radius 2 is 1.76 bits per heavy atom. The monoisotopic (exact) mass is 307 g/mol. The fourth-order valence-corrected chi connectivity index (χ4v) is 2.01. The standard InChI is InChI=1S/C15H11ClFNO3/c16-12-8-4-7-11(14(12)17)15(21)18(9-13(19)20)10-5-2-1-3-6-10/h1-8H,9H2,(H,19,20). The zero-order valence-corrected chi connectivity index (χ0v) is 11.5. The summed E-state index contributed by atoms with van der Waals surface area (Å²) in [5.74, 6) is -2.83. The molecule has 0 bridgehead atoms. The van der Waals surface area contributed by atoms with Crippen LogP contribution in [0.25, 0.3) is 0 Å². The topological polar surface area (TPSA) is 57.6 Å². The molecule has 21 heavy (non-hydrogen) atoms. The average molecular weight is 308 g/mol. The molecule has 0 aliphatic heterocycles. The first-order valence-corrected chi connectivity index (χ1v) is 6.41. The lowest BCUT2D eigenvalue weighted by molar-refractivity contribution is -0.135. The second kappa shape index (κ2) is 6.37. The van der Waals surface area contributed by atoms with Crippen molar-refractivity contribution in [2.24, 2.45) is 0 Å². The van der Waals surface area contributed by atoms with Gasteiger partial charge in [0.2, 0.25) is 0 Å². The van der Waals surface area contributed by atoms with E-state index in [4.69, 9.17) is 16.7 Å². The molecule has 0 aromatic heterocycles. The Balaban J connectivity index is 2.44. The van der Waals surface area contributed by atoms with E-state index in [1.807, 2.05) is 0 Å². The van der Waals surface area contributed by atoms with Gasteiger partial charge < -0.3 is 5.11 Å². The van der Waals surface area contributed by atoms with Crippen LogP contribution < -0.4 is 4.90 Å². The fourth-order valence-electron chi connectivity index (χ4n) is 1.84. The summed E-state index contributed by atoms with van der Waals surface area (Å²) in [6.07, 6.45) is 0. The Labute approximate surface area is 125 Å². The summed E-state index contributed by atoms with van der Waals surface area (Å²) in [5, 5.41) is 8.76. The van der Waals surface area contributed by atoms with Crippen LogP contribution in [0.15, 0.2) is 48.5 Å². The van der Waals surface area contributed by atoms with Crippen molar-refractivity contribution >= 4 is 29.2 Å². The van der Waals surface area contributed by atoms with E-state index in [1.165, 1.54) is 18.2 Å². The van der Waals surface area contributed by atoms with E-state index in [1.54, 1.807) is 30.3 Å². The number of carbonyl (C=O) groups is 2. The van der Waals surface area contributed by atoms with Crippen LogP contribution in [-0.4, -0.2) is 23.5 Å². The molecule has 0 heterocycles. The number of carboxylic acid groups (broad SMARTS) is 1. The minimum absolute atomic E-state index is 0.191. The maximum Gasteiger partial charge on any atom is 0.323 e. The molecule has 2 aromatic rings. The Bertz CT molecular complexity index is 676. The van der Waals surface area contributed by atoms with Crippen molar-refractivity contribution in [2.75, 3.05) is 11.4 Å². The highest BCUT2D eigenvalue weighted by Gasteiger charge is 2.23. The van der Waals surface area contributed by atoms with Gasteiger partial charge in [-0.2, -0.15) is 0 Å². The molecular weight excluding hydrogens is 297 g/mol. The van der Waals surface area contributed by atoms with Crippen LogP contribution >= 0.6 is 11.6 Å². The van der Waals surface area contributed by atoms with Crippen molar-refractivity contribution in [3.8, 4) is 0 Å². The third-order valence-electron chi connectivity index (χ3n) is 2.79. The Hall–Kier alpha value is -2.40. The molecule has 0 aliphatic carbocycles. The summed E-state index contributed by atoms with van der Waals surface area (Å²) in [7, 11) is 0. The van der Waals surface area contributed by atoms with Crippen LogP contribution in [0.3, 0.4) is 0 Å². The van der Waals surface area contributed by atoms with Gasteiger partial charge in [-0.1, -0.05) is 35.9 Å². The summed E-state index contributed by atoms with van der Waals surface area (Å²) in [6, 6.07) is 12.2. The lowest BCUT2D eigenvalue weighted by Crippen LogP contribution is -2.36. The van der Waals surface area contributed by atoms with Crippen molar-refractivity contribution in [1.82, 2.24) is 0 Å². The molecule has 108 valence electrons. The molecular formula is C15H11ClFNO3. The Morgan fingerprint density at radius 3 is 2.38 bits per heavy atom. The van der Waals surface area contributed by atoms with E-state index in [-0.39, 0.29) is 10.6 Å². The lowest BCUT2D eigenvalue weighted by Gasteiger charge is -2.21. The van der Waals surface area contributed by atoms with Crippen LogP contribution in [0.5, 0.6) is 0 Å². The highest BCUT2D eigenvalue weighted by Crippen LogP contribution is 2.22. The number of aliphatic carboxylic acids is 1. The van der Waals surface area contributed by atoms with E-state index in [2.05, 4.69) is 0 Å². The molecule has 2 rings (SSSR count). The van der Waals surface area contributed by atoms with Crippen LogP contribution in [0.4, 0.5) is 10.1 Å². The van der Waals surface area contributed by atoms with Gasteiger partial charge in [-0.25, -0.2) is 4.39 Å². The second-order valence-corrected chi connectivity index (χ2v) is 4.63. The third kappa shape index (κ3) is 3.38. The Kier molecular flexibility index (Phi) is 4.55. The molecule has 1 amide bonds. The highest BCUT2D eigenvalue weighted by molar-refractivity contribution is 6.31. The minimum Gasteiger partial charge on any atom is -0.480 e. The number of amides is 1. The first-order valence-electron chi connectivity index (χ1n) is 6.03. The van der Waals surface area contributed by atoms with Crippen LogP contribution in [0, 0.1) is 5.82 Å². The molecule has 0 fully saturated rings. The van der Waals surface area contributed by atoms with Crippen LogP contribution in [0.1, 0.15) is 10.4 Å². The third-order valence-corrected chi connectivity index (χ3v) is 3.08. The van der Waals surface area contributed by atoms with E-state index in [0.29, 0.717) is 5.69 Å². The molecule has 0 radical (unpaired) electrons. The predicted octanol–water partition coefficient (Wildman–Crippen LogP) is 3.21. The fraction of sp³-hybridized carbons (Fsp3) is 0.0667. The van der Waals surface area contributed by atoms with Gasteiger partial charge in [0.1, 0.15) is 6.54 Å².